The molecule has 1 aliphatic rings. The third-order valence-electron chi connectivity index (χ3n) is 3.35. The minimum Gasteiger partial charge on any atom is -0.468 e. The second-order valence-electron chi connectivity index (χ2n) is 4.99. The third kappa shape index (κ3) is 4.40. The highest BCUT2D eigenvalue weighted by molar-refractivity contribution is 7.99. The summed E-state index contributed by atoms with van der Waals surface area (Å²) in [5.41, 5.74) is -0.299. The van der Waals surface area contributed by atoms with Crippen molar-refractivity contribution < 1.29 is 34.7 Å². The van der Waals surface area contributed by atoms with Gasteiger partial charge in [-0.25, -0.2) is 4.68 Å². The van der Waals surface area contributed by atoms with Gasteiger partial charge in [-0.3, -0.25) is 4.79 Å². The Morgan fingerprint density at radius 3 is 2.78 bits per heavy atom. The summed E-state index contributed by atoms with van der Waals surface area (Å²) < 4.78 is 11.2. The summed E-state index contributed by atoms with van der Waals surface area (Å²) in [6.07, 6.45) is -3.49. The van der Waals surface area contributed by atoms with E-state index in [1.165, 1.54) is 11.8 Å². The monoisotopic (exact) mass is 349 g/mol. The van der Waals surface area contributed by atoms with Crippen molar-refractivity contribution in [1.29, 1.82) is 0 Å². The smallest absolute Gasteiger partial charge is 0.327 e. The number of esters is 1. The van der Waals surface area contributed by atoms with E-state index in [0.29, 0.717) is 11.4 Å². The molecule has 4 N–H and O–H groups in total. The molecule has 10 nitrogen and oxygen atoms in total. The molecular weight excluding hydrogens is 330 g/mol. The normalized spacial score (nSPS) is 31.1. The first-order valence-electron chi connectivity index (χ1n) is 6.84. The van der Waals surface area contributed by atoms with Crippen molar-refractivity contribution in [1.82, 2.24) is 15.0 Å². The molecule has 23 heavy (non-hydrogen) atoms. The van der Waals surface area contributed by atoms with Crippen molar-refractivity contribution in [3.05, 3.63) is 11.9 Å². The van der Waals surface area contributed by atoms with Gasteiger partial charge in [0, 0.05) is 11.9 Å². The van der Waals surface area contributed by atoms with Crippen LogP contribution < -0.4 is 0 Å². The van der Waals surface area contributed by atoms with E-state index in [0.717, 1.165) is 11.8 Å². The van der Waals surface area contributed by atoms with E-state index in [2.05, 4.69) is 15.0 Å². The Hall–Kier alpha value is -1.24. The second-order valence-corrected chi connectivity index (χ2v) is 6.08. The number of rotatable bonds is 6. The number of nitrogens with zero attached hydrogens (tertiary/aromatic N) is 3. The molecule has 130 valence electrons. The number of carbonyl (C=O) groups is 1. The van der Waals surface area contributed by atoms with Crippen LogP contribution in [0.4, 0.5) is 0 Å². The van der Waals surface area contributed by atoms with Crippen LogP contribution in [0.3, 0.4) is 0 Å². The van der Waals surface area contributed by atoms with Gasteiger partial charge in [-0.1, -0.05) is 5.21 Å². The van der Waals surface area contributed by atoms with Crippen LogP contribution in [0.15, 0.2) is 6.20 Å². The predicted molar refractivity (Wildman–Crippen MR) is 77.1 cm³/mol. The molecule has 2 rings (SSSR count). The molecule has 0 aliphatic carbocycles. The maximum atomic E-state index is 11.1. The Kier molecular flexibility index (Phi) is 6.33. The molecule has 11 heteroatoms. The van der Waals surface area contributed by atoms with Gasteiger partial charge in [0.15, 0.2) is 0 Å². The van der Waals surface area contributed by atoms with Crippen LogP contribution in [-0.4, -0.2) is 85.0 Å². The molecule has 1 aromatic rings. The fraction of sp³-hybridized carbons (Fsp3) is 0.750. The number of hydrogen-bond acceptors (Lipinski definition) is 10. The third-order valence-corrected chi connectivity index (χ3v) is 4.53. The summed E-state index contributed by atoms with van der Waals surface area (Å²) in [4.78, 5) is 11.1. The van der Waals surface area contributed by atoms with E-state index < -0.39 is 42.4 Å². The number of aliphatic hydroxyl groups excluding tert-OH is 4. The maximum absolute atomic E-state index is 11.1. The first-order chi connectivity index (χ1) is 11.0. The average molecular weight is 349 g/mol. The molecule has 0 amide bonds. The quantitative estimate of drug-likeness (QED) is 0.406. The largest absolute Gasteiger partial charge is 0.468 e. The number of carbonyl (C=O) groups excluding carboxylic acids is 1. The summed E-state index contributed by atoms with van der Waals surface area (Å²) >= 11 is 1.13. The van der Waals surface area contributed by atoms with Gasteiger partial charge in [-0.2, -0.15) is 0 Å². The van der Waals surface area contributed by atoms with Gasteiger partial charge >= 0.3 is 5.97 Å². The van der Waals surface area contributed by atoms with Crippen LogP contribution in [0, 0.1) is 0 Å². The van der Waals surface area contributed by atoms with E-state index >= 15 is 0 Å². The summed E-state index contributed by atoms with van der Waals surface area (Å²) in [5, 5.41) is 46.1. The molecule has 0 bridgehead atoms. The van der Waals surface area contributed by atoms with E-state index in [-0.39, 0.29) is 6.54 Å². The van der Waals surface area contributed by atoms with Crippen molar-refractivity contribution in [2.45, 2.75) is 42.1 Å². The fourth-order valence-corrected chi connectivity index (χ4v) is 3.10. The summed E-state index contributed by atoms with van der Waals surface area (Å²) in [7, 11) is 1.27. The first kappa shape index (κ1) is 18.1. The van der Waals surface area contributed by atoms with Crippen molar-refractivity contribution in [3.8, 4) is 0 Å². The number of aliphatic hydroxyl groups is 4. The lowest BCUT2D eigenvalue weighted by atomic mass is 10.0. The minimum atomic E-state index is -1.41. The lowest BCUT2D eigenvalue weighted by Gasteiger charge is -2.39. The van der Waals surface area contributed by atoms with Crippen molar-refractivity contribution in [3.63, 3.8) is 0 Å². The highest BCUT2D eigenvalue weighted by Gasteiger charge is 2.43. The van der Waals surface area contributed by atoms with Gasteiger partial charge in [-0.05, 0) is 0 Å². The van der Waals surface area contributed by atoms with Gasteiger partial charge in [0.25, 0.3) is 0 Å². The van der Waals surface area contributed by atoms with Gasteiger partial charge in [0.2, 0.25) is 0 Å². The molecule has 5 atom stereocenters. The van der Waals surface area contributed by atoms with Crippen molar-refractivity contribution >= 4 is 17.7 Å². The SMILES string of the molecule is COC(=O)Cn1cc(CS[C@@H]2O[C@H](CO)[C@H](O)[C@H](O)[C@H]2O)nn1. The summed E-state index contributed by atoms with van der Waals surface area (Å²) in [6, 6.07) is 0. The number of hydrogen-bond donors (Lipinski definition) is 4. The van der Waals surface area contributed by atoms with Crippen LogP contribution in [0.5, 0.6) is 0 Å². The predicted octanol–water partition coefficient (Wildman–Crippen LogP) is -2.52. The molecule has 1 aliphatic heterocycles. The standard InChI is InChI=1S/C12H19N3O7S/c1-21-8(17)3-15-2-6(13-14-15)5-23-12-11(20)10(19)9(18)7(4-16)22-12/h2,7,9-12,16,18-20H,3-5H2,1H3/t7-,9+,10+,11-,12+/m1/s1. The first-order valence-corrected chi connectivity index (χ1v) is 7.89. The highest BCUT2D eigenvalue weighted by Crippen LogP contribution is 2.30. The zero-order valence-corrected chi connectivity index (χ0v) is 13.2. The molecular formula is C12H19N3O7S. The Bertz CT molecular complexity index is 527. The molecule has 1 fully saturated rings. The molecule has 0 spiro atoms. The Labute approximate surface area is 136 Å². The van der Waals surface area contributed by atoms with Crippen LogP contribution in [-0.2, 0) is 26.6 Å². The van der Waals surface area contributed by atoms with Crippen molar-refractivity contribution in [2.24, 2.45) is 0 Å². The molecule has 0 saturated carbocycles. The Morgan fingerprint density at radius 2 is 2.13 bits per heavy atom. The van der Waals surface area contributed by atoms with Gasteiger partial charge in [0.1, 0.15) is 36.4 Å². The van der Waals surface area contributed by atoms with E-state index in [1.807, 2.05) is 0 Å². The van der Waals surface area contributed by atoms with E-state index in [9.17, 15) is 20.1 Å². The second kappa shape index (κ2) is 8.04. The lowest BCUT2D eigenvalue weighted by molar-refractivity contribution is -0.205. The number of ether oxygens (including phenoxy) is 2. The Balaban J connectivity index is 1.91. The zero-order chi connectivity index (χ0) is 17.0. The van der Waals surface area contributed by atoms with E-state index in [4.69, 9.17) is 9.84 Å². The van der Waals surface area contributed by atoms with Gasteiger partial charge in [0.05, 0.1) is 19.4 Å². The zero-order valence-electron chi connectivity index (χ0n) is 12.3. The van der Waals surface area contributed by atoms with Crippen LogP contribution in [0.1, 0.15) is 5.69 Å². The number of thioether (sulfide) groups is 1. The van der Waals surface area contributed by atoms with Crippen LogP contribution in [0.25, 0.3) is 0 Å². The molecule has 1 aromatic heterocycles. The highest BCUT2D eigenvalue weighted by atomic mass is 32.2. The summed E-state index contributed by atoms with van der Waals surface area (Å²) in [5.74, 6) is -0.160. The molecule has 0 aromatic carbocycles. The molecule has 0 unspecified atom stereocenters. The minimum absolute atomic E-state index is 0.0613. The Morgan fingerprint density at radius 1 is 1.39 bits per heavy atom. The number of methoxy groups -OCH3 is 1. The van der Waals surface area contributed by atoms with Gasteiger partial charge in [-0.15, -0.1) is 16.9 Å². The van der Waals surface area contributed by atoms with Gasteiger partial charge < -0.3 is 29.9 Å². The average Bonchev–Trinajstić information content (AvgIpc) is 2.99. The van der Waals surface area contributed by atoms with E-state index in [1.54, 1.807) is 6.20 Å². The van der Waals surface area contributed by atoms with Crippen LogP contribution >= 0.6 is 11.8 Å². The molecule has 0 radical (unpaired) electrons. The lowest BCUT2D eigenvalue weighted by Crippen LogP contribution is -2.57. The summed E-state index contributed by atoms with van der Waals surface area (Å²) in [6.45, 7) is -0.536. The van der Waals surface area contributed by atoms with Crippen molar-refractivity contribution in [2.75, 3.05) is 13.7 Å². The maximum Gasteiger partial charge on any atom is 0.327 e. The topological polar surface area (TPSA) is 147 Å². The van der Waals surface area contributed by atoms with Crippen LogP contribution in [0.2, 0.25) is 0 Å². The molecule has 2 heterocycles. The molecule has 1 saturated heterocycles. The number of aromatic nitrogens is 3. The fourth-order valence-electron chi connectivity index (χ4n) is 2.05.